The standard InChI is InChI=1S/C27H31N3O6S/c1-3-34-25(31)13-22-15-29-27(37-22)23-11-17-10-21(35-20-5-4-18(16-32-2)28-14-20)12-24(26(17)30-23)36-19-6-8-33-9-7-19/h4-5,10-12,14,19,22,30H,3,6-9,13,15-16H2,1-2H3. The fraction of sp³-hybridized carbons (Fsp3) is 0.444. The quantitative estimate of drug-likeness (QED) is 0.374. The molecular weight excluding hydrogens is 494 g/mol. The molecule has 0 aliphatic carbocycles. The van der Waals surface area contributed by atoms with Gasteiger partial charge >= 0.3 is 5.97 Å². The van der Waals surface area contributed by atoms with E-state index in [0.29, 0.717) is 50.9 Å². The highest BCUT2D eigenvalue weighted by molar-refractivity contribution is 8.15. The fourth-order valence-corrected chi connectivity index (χ4v) is 5.41. The number of methoxy groups -OCH3 is 1. The summed E-state index contributed by atoms with van der Waals surface area (Å²) in [4.78, 5) is 24.5. The Balaban J connectivity index is 1.39. The molecule has 0 bridgehead atoms. The lowest BCUT2D eigenvalue weighted by atomic mass is 10.1. The van der Waals surface area contributed by atoms with Crippen LogP contribution in [0.5, 0.6) is 17.2 Å². The van der Waals surface area contributed by atoms with Crippen LogP contribution in [0.3, 0.4) is 0 Å². The van der Waals surface area contributed by atoms with Crippen molar-refractivity contribution in [1.29, 1.82) is 0 Å². The van der Waals surface area contributed by atoms with Gasteiger partial charge in [0.15, 0.2) is 0 Å². The van der Waals surface area contributed by atoms with Gasteiger partial charge in [0.25, 0.3) is 0 Å². The normalized spacial score (nSPS) is 18.1. The Morgan fingerprint density at radius 2 is 2.05 bits per heavy atom. The summed E-state index contributed by atoms with van der Waals surface area (Å²) in [7, 11) is 1.64. The molecule has 1 fully saturated rings. The largest absolute Gasteiger partial charge is 0.488 e. The van der Waals surface area contributed by atoms with Crippen molar-refractivity contribution < 1.29 is 28.5 Å². The molecule has 2 aliphatic heterocycles. The summed E-state index contributed by atoms with van der Waals surface area (Å²) < 4.78 is 28.3. The SMILES string of the molecule is CCOC(=O)CC1CN=C(c2cc3cc(Oc4ccc(COC)nc4)cc(OC4CCOCC4)c3[nH]2)S1. The van der Waals surface area contributed by atoms with E-state index >= 15 is 0 Å². The first-order chi connectivity index (χ1) is 18.1. The molecule has 37 heavy (non-hydrogen) atoms. The van der Waals surface area contributed by atoms with E-state index in [1.807, 2.05) is 31.2 Å². The third-order valence-electron chi connectivity index (χ3n) is 6.10. The van der Waals surface area contributed by atoms with Crippen molar-refractivity contribution in [3.8, 4) is 17.2 Å². The second-order valence-electron chi connectivity index (χ2n) is 8.91. The second kappa shape index (κ2) is 12.0. The van der Waals surface area contributed by atoms with Crippen LogP contribution >= 0.6 is 11.8 Å². The number of ether oxygens (including phenoxy) is 5. The number of thioether (sulfide) groups is 1. The van der Waals surface area contributed by atoms with Crippen LogP contribution in [0.1, 0.15) is 37.6 Å². The Morgan fingerprint density at radius 3 is 2.81 bits per heavy atom. The second-order valence-corrected chi connectivity index (χ2v) is 10.2. The van der Waals surface area contributed by atoms with Crippen molar-refractivity contribution in [2.24, 2.45) is 4.99 Å². The maximum absolute atomic E-state index is 11.9. The van der Waals surface area contributed by atoms with Gasteiger partial charge < -0.3 is 28.7 Å². The van der Waals surface area contributed by atoms with Crippen molar-refractivity contribution >= 4 is 33.7 Å². The molecule has 0 radical (unpaired) electrons. The van der Waals surface area contributed by atoms with E-state index in [0.717, 1.165) is 45.9 Å². The average Bonchev–Trinajstić information content (AvgIpc) is 3.53. The van der Waals surface area contributed by atoms with Gasteiger partial charge in [0, 0.05) is 36.7 Å². The van der Waals surface area contributed by atoms with E-state index in [1.54, 1.807) is 25.1 Å². The Kier molecular flexibility index (Phi) is 8.28. The molecule has 1 atom stereocenters. The number of carbonyl (C=O) groups is 1. The van der Waals surface area contributed by atoms with E-state index in [9.17, 15) is 4.79 Å². The van der Waals surface area contributed by atoms with Gasteiger partial charge in [-0.15, -0.1) is 0 Å². The summed E-state index contributed by atoms with van der Waals surface area (Å²) in [5.41, 5.74) is 2.62. The number of aliphatic imine (C=N–C) groups is 1. The highest BCUT2D eigenvalue weighted by Gasteiger charge is 2.26. The van der Waals surface area contributed by atoms with Crippen LogP contribution in [0.15, 0.2) is 41.5 Å². The maximum Gasteiger partial charge on any atom is 0.306 e. The Labute approximate surface area is 219 Å². The predicted molar refractivity (Wildman–Crippen MR) is 142 cm³/mol. The molecule has 5 rings (SSSR count). The van der Waals surface area contributed by atoms with Gasteiger partial charge in [-0.1, -0.05) is 11.8 Å². The molecule has 1 N–H and O–H groups in total. The van der Waals surface area contributed by atoms with Crippen LogP contribution in [0.25, 0.3) is 10.9 Å². The number of nitrogens with zero attached hydrogens (tertiary/aromatic N) is 2. The summed E-state index contributed by atoms with van der Waals surface area (Å²) in [6, 6.07) is 9.70. The third kappa shape index (κ3) is 6.44. The molecule has 9 nitrogen and oxygen atoms in total. The predicted octanol–water partition coefficient (Wildman–Crippen LogP) is 4.87. The molecule has 10 heteroatoms. The van der Waals surface area contributed by atoms with Crippen LogP contribution in [0.4, 0.5) is 0 Å². The average molecular weight is 526 g/mol. The zero-order valence-corrected chi connectivity index (χ0v) is 21.8. The molecule has 3 aromatic rings. The fourth-order valence-electron chi connectivity index (χ4n) is 4.34. The number of hydrogen-bond acceptors (Lipinski definition) is 9. The van der Waals surface area contributed by atoms with Gasteiger partial charge in [-0.05, 0) is 31.2 Å². The number of rotatable bonds is 10. The van der Waals surface area contributed by atoms with Crippen molar-refractivity contribution in [2.45, 2.75) is 44.1 Å². The number of H-pyrrole nitrogens is 1. The maximum atomic E-state index is 11.9. The Bertz CT molecular complexity index is 1250. The first kappa shape index (κ1) is 25.6. The lowest BCUT2D eigenvalue weighted by Gasteiger charge is -2.24. The number of carbonyl (C=O) groups excluding carboxylic acids is 1. The lowest BCUT2D eigenvalue weighted by molar-refractivity contribution is -0.143. The highest BCUT2D eigenvalue weighted by Crippen LogP contribution is 2.37. The van der Waals surface area contributed by atoms with E-state index in [2.05, 4.69) is 21.0 Å². The highest BCUT2D eigenvalue weighted by atomic mass is 32.2. The summed E-state index contributed by atoms with van der Waals surface area (Å²) in [5, 5.41) is 1.91. The van der Waals surface area contributed by atoms with Gasteiger partial charge in [-0.3, -0.25) is 14.8 Å². The number of esters is 1. The molecule has 1 saturated heterocycles. The first-order valence-electron chi connectivity index (χ1n) is 12.5. The number of nitrogens with one attached hydrogen (secondary N) is 1. The minimum absolute atomic E-state index is 0.0705. The van der Waals surface area contributed by atoms with Crippen molar-refractivity contribution in [2.75, 3.05) is 33.5 Å². The monoisotopic (exact) mass is 525 g/mol. The Hall–Kier alpha value is -3.08. The minimum atomic E-state index is -0.188. The molecule has 0 saturated carbocycles. The van der Waals surface area contributed by atoms with Crippen LogP contribution in [-0.2, 0) is 25.6 Å². The molecule has 196 valence electrons. The van der Waals surface area contributed by atoms with E-state index in [1.165, 1.54) is 0 Å². The summed E-state index contributed by atoms with van der Waals surface area (Å²) >= 11 is 1.60. The van der Waals surface area contributed by atoms with Crippen LogP contribution in [-0.4, -0.2) is 65.8 Å². The van der Waals surface area contributed by atoms with Gasteiger partial charge in [0.1, 0.15) is 28.4 Å². The molecule has 2 aliphatic rings. The molecule has 1 unspecified atom stereocenters. The van der Waals surface area contributed by atoms with Crippen molar-refractivity contribution in [1.82, 2.24) is 9.97 Å². The van der Waals surface area contributed by atoms with Crippen molar-refractivity contribution in [3.63, 3.8) is 0 Å². The number of benzene rings is 1. The van der Waals surface area contributed by atoms with Crippen LogP contribution < -0.4 is 9.47 Å². The smallest absolute Gasteiger partial charge is 0.306 e. The number of aromatic nitrogens is 2. The van der Waals surface area contributed by atoms with Gasteiger partial charge in [-0.25, -0.2) is 0 Å². The Morgan fingerprint density at radius 1 is 1.19 bits per heavy atom. The number of fused-ring (bicyclic) bond motifs is 1. The van der Waals surface area contributed by atoms with Crippen molar-refractivity contribution in [3.05, 3.63) is 47.9 Å². The lowest BCUT2D eigenvalue weighted by Crippen LogP contribution is -2.25. The minimum Gasteiger partial charge on any atom is -0.488 e. The molecule has 1 aromatic carbocycles. The first-order valence-corrected chi connectivity index (χ1v) is 13.4. The summed E-state index contributed by atoms with van der Waals surface area (Å²) in [6.45, 7) is 4.62. The van der Waals surface area contributed by atoms with E-state index in [-0.39, 0.29) is 17.3 Å². The summed E-state index contributed by atoms with van der Waals surface area (Å²) in [6.07, 6.45) is 3.78. The molecule has 2 aromatic heterocycles. The van der Waals surface area contributed by atoms with Gasteiger partial charge in [0.05, 0.1) is 62.5 Å². The van der Waals surface area contributed by atoms with Crippen LogP contribution in [0, 0.1) is 0 Å². The number of hydrogen-bond donors (Lipinski definition) is 1. The topological polar surface area (TPSA) is 104 Å². The number of aromatic amines is 1. The van der Waals surface area contributed by atoms with E-state index < -0.39 is 0 Å². The zero-order valence-electron chi connectivity index (χ0n) is 21.0. The van der Waals surface area contributed by atoms with Gasteiger partial charge in [0.2, 0.25) is 0 Å². The van der Waals surface area contributed by atoms with Gasteiger partial charge in [-0.2, -0.15) is 0 Å². The summed E-state index contributed by atoms with van der Waals surface area (Å²) in [5.74, 6) is 1.82. The molecule has 4 heterocycles. The number of pyridine rings is 1. The molecular formula is C27H31N3O6S. The van der Waals surface area contributed by atoms with Crippen LogP contribution in [0.2, 0.25) is 0 Å². The zero-order chi connectivity index (χ0) is 25.6. The molecule has 0 spiro atoms. The van der Waals surface area contributed by atoms with E-state index in [4.69, 9.17) is 23.7 Å². The molecule has 0 amide bonds. The third-order valence-corrected chi connectivity index (χ3v) is 7.32.